The van der Waals surface area contributed by atoms with Crippen molar-refractivity contribution in [2.75, 3.05) is 39.2 Å². The summed E-state index contributed by atoms with van der Waals surface area (Å²) in [6.07, 6.45) is 12.1. The zero-order valence-corrected chi connectivity index (χ0v) is 57.6. The maximum atomic E-state index is 12.4. The van der Waals surface area contributed by atoms with Gasteiger partial charge >= 0.3 is 63.3 Å². The largest absolute Gasteiger partial charge is 1.00 e. The van der Waals surface area contributed by atoms with Gasteiger partial charge in [-0.05, 0) is 146 Å². The van der Waals surface area contributed by atoms with Crippen LogP contribution < -0.4 is 56.7 Å². The fourth-order valence-corrected chi connectivity index (χ4v) is 10.3. The van der Waals surface area contributed by atoms with Gasteiger partial charge in [-0.15, -0.1) is 0 Å². The van der Waals surface area contributed by atoms with Gasteiger partial charge in [-0.3, -0.25) is 23.4 Å². The third-order valence-corrected chi connectivity index (χ3v) is 28.5. The summed E-state index contributed by atoms with van der Waals surface area (Å²) in [5.41, 5.74) is 0. The smallest absolute Gasteiger partial charge is 0.649 e. The number of unbranched alkanes of at least 4 members (excludes halogenated alkanes) is 2. The molecule has 0 aromatic heterocycles. The van der Waals surface area contributed by atoms with Gasteiger partial charge < -0.3 is 43.1 Å². The van der Waals surface area contributed by atoms with E-state index in [0.717, 1.165) is 57.6 Å². The Morgan fingerprint density at radius 2 is 1.09 bits per heavy atom. The first-order valence-electron chi connectivity index (χ1n) is 27.2. The van der Waals surface area contributed by atoms with Crippen molar-refractivity contribution in [1.82, 2.24) is 10.2 Å². The van der Waals surface area contributed by atoms with Crippen molar-refractivity contribution in [3.63, 3.8) is 0 Å². The summed E-state index contributed by atoms with van der Waals surface area (Å²) in [6, 6.07) is 0.513. The zero-order valence-electron chi connectivity index (χ0n) is 50.6. The quantitative estimate of drug-likeness (QED) is 0.0467. The molecule has 0 unspecified atom stereocenters. The van der Waals surface area contributed by atoms with Gasteiger partial charge in [-0.25, -0.2) is 0 Å². The number of nitrogens with zero attached hydrogens (tertiary/aromatic N) is 2. The molecule has 21 heteroatoms. The molecular formula is C53H106KN3O13SSi3. The fraction of sp³-hybridized carbons (Fsp3) is 0.906. The Bertz CT molecular complexity index is 1730. The van der Waals surface area contributed by atoms with E-state index < -0.39 is 35.1 Å². The Balaban J connectivity index is 0. The molecule has 3 atom stereocenters. The van der Waals surface area contributed by atoms with Crippen LogP contribution in [0.4, 0.5) is 0 Å². The van der Waals surface area contributed by atoms with E-state index in [1.165, 1.54) is 0 Å². The van der Waals surface area contributed by atoms with Crippen LogP contribution in [0.5, 0.6) is 0 Å². The minimum absolute atomic E-state index is 0. The van der Waals surface area contributed by atoms with E-state index in [2.05, 4.69) is 116 Å². The average Bonchev–Trinajstić information content (AvgIpc) is 3.22. The van der Waals surface area contributed by atoms with Crippen molar-refractivity contribution in [3.8, 4) is 0 Å². The van der Waals surface area contributed by atoms with Gasteiger partial charge in [0.05, 0.1) is 56.3 Å². The number of nitrogens with one attached hydrogen (secondary N) is 1. The van der Waals surface area contributed by atoms with E-state index in [-0.39, 0.29) is 133 Å². The van der Waals surface area contributed by atoms with E-state index >= 15 is 0 Å². The number of ether oxygens (including phenoxy) is 2. The summed E-state index contributed by atoms with van der Waals surface area (Å²) in [4.78, 5) is 59.5. The number of esters is 2. The molecule has 3 aliphatic heterocycles. The van der Waals surface area contributed by atoms with Crippen molar-refractivity contribution in [1.29, 1.82) is 0 Å². The molecule has 3 saturated heterocycles. The average molecular weight is 1150 g/mol. The third-order valence-electron chi connectivity index (χ3n) is 14.4. The first-order chi connectivity index (χ1) is 33.2. The molecule has 0 aliphatic carbocycles. The molecular weight excluding hydrogens is 1040 g/mol. The summed E-state index contributed by atoms with van der Waals surface area (Å²) in [6.45, 7) is 43.6. The number of carbonyl (C=O) groups is 5. The van der Waals surface area contributed by atoms with E-state index in [9.17, 15) is 32.4 Å². The molecule has 0 aromatic carbocycles. The maximum absolute atomic E-state index is 12.4. The van der Waals surface area contributed by atoms with Crippen molar-refractivity contribution in [3.05, 3.63) is 5.32 Å². The van der Waals surface area contributed by atoms with Crippen LogP contribution >= 0.6 is 0 Å². The molecule has 74 heavy (non-hydrogen) atoms. The zero-order chi connectivity index (χ0) is 56.6. The summed E-state index contributed by atoms with van der Waals surface area (Å²) in [5.74, 6) is 0.0436. The van der Waals surface area contributed by atoms with Crippen molar-refractivity contribution in [2.45, 2.75) is 271 Å². The van der Waals surface area contributed by atoms with Gasteiger partial charge in [0.1, 0.15) is 0 Å². The van der Waals surface area contributed by atoms with E-state index in [0.29, 0.717) is 71.3 Å². The summed E-state index contributed by atoms with van der Waals surface area (Å²) >= 11 is 0. The molecule has 0 aromatic rings. The van der Waals surface area contributed by atoms with Crippen LogP contribution in [0.3, 0.4) is 0 Å². The molecule has 0 bridgehead atoms. The number of hydrogen-bond acceptors (Lipinski definition) is 13. The first-order valence-corrected chi connectivity index (χ1v) is 37.7. The third kappa shape index (κ3) is 33.8. The van der Waals surface area contributed by atoms with Gasteiger partial charge in [0.25, 0.3) is 10.1 Å². The summed E-state index contributed by atoms with van der Waals surface area (Å²) in [5, 5.41) is 7.77. The summed E-state index contributed by atoms with van der Waals surface area (Å²) < 4.78 is 54.2. The molecule has 0 spiro atoms. The van der Waals surface area contributed by atoms with Crippen molar-refractivity contribution >= 4 is 64.7 Å². The fourth-order valence-electron chi connectivity index (χ4n) is 6.77. The Kier molecular flexibility index (Phi) is 35.9. The molecule has 1 N–H and O–H groups in total. The predicted octanol–water partition coefficient (Wildman–Crippen LogP) is 8.74. The number of amides is 3. The van der Waals surface area contributed by atoms with Gasteiger partial charge in [0, 0.05) is 38.8 Å². The van der Waals surface area contributed by atoms with Crippen molar-refractivity contribution < 1.29 is 111 Å². The molecule has 0 saturated carbocycles. The molecule has 3 fully saturated rings. The number of piperidine rings is 3. The summed E-state index contributed by atoms with van der Waals surface area (Å²) in [7, 11) is -8.51. The minimum atomic E-state index is -3.36. The van der Waals surface area contributed by atoms with Crippen LogP contribution in [0.2, 0.25) is 54.4 Å². The second-order valence-electron chi connectivity index (χ2n) is 25.1. The standard InChI is InChI=1S/C20H39NO4Si.2C12H25NO2Si.C9H18O5S.K/c1-16(2)25-19(23)13-8-9-14-21-17(11-10-12-18(21)22)15-24-26(6,7)20(3,4)5;2*1-12(2,3)16(4,5)15-9-10-7-6-8-11(14)13-10;1-8(2)14-9(10)6-4-5-7-13-15(3,11)12;/h16-17H,8-15H2,1-7H3;2*10H,6-9H2,1-5H3,(H,13,14);8H,4-7H2,1-3H3;/q;;;;+1/p-1/t17-;2*10-;;/m111../s1. The normalized spacial score (nSPS) is 19.1. The predicted molar refractivity (Wildman–Crippen MR) is 302 cm³/mol. The van der Waals surface area contributed by atoms with Crippen LogP contribution in [0.15, 0.2) is 0 Å². The Morgan fingerprint density at radius 3 is 1.54 bits per heavy atom. The maximum Gasteiger partial charge on any atom is 1.00 e. The van der Waals surface area contributed by atoms with Gasteiger partial charge in [0.2, 0.25) is 11.8 Å². The van der Waals surface area contributed by atoms with Crippen LogP contribution in [-0.2, 0) is 61.0 Å². The van der Waals surface area contributed by atoms with Gasteiger partial charge in [-0.1, -0.05) is 74.8 Å². The molecule has 3 aliphatic rings. The van der Waals surface area contributed by atoms with Crippen LogP contribution in [-0.4, -0.2) is 137 Å². The Morgan fingerprint density at radius 1 is 0.649 bits per heavy atom. The van der Waals surface area contributed by atoms with Crippen LogP contribution in [0.1, 0.15) is 186 Å². The van der Waals surface area contributed by atoms with Crippen molar-refractivity contribution in [2.24, 2.45) is 0 Å². The van der Waals surface area contributed by atoms with Gasteiger partial charge in [-0.2, -0.15) is 8.42 Å². The van der Waals surface area contributed by atoms with E-state index in [1.54, 1.807) is 13.8 Å². The first kappa shape index (κ1) is 75.5. The Labute approximate surface area is 496 Å². The Hall–Kier alpha value is -0.573. The van der Waals surface area contributed by atoms with E-state index in [1.807, 2.05) is 18.7 Å². The number of hydrogen-bond donors (Lipinski definition) is 1. The molecule has 3 heterocycles. The van der Waals surface area contributed by atoms with Gasteiger partial charge in [0.15, 0.2) is 25.0 Å². The number of rotatable bonds is 22. The molecule has 16 nitrogen and oxygen atoms in total. The van der Waals surface area contributed by atoms with E-state index in [4.69, 9.17) is 22.8 Å². The topological polar surface area (TPSA) is 204 Å². The molecule has 430 valence electrons. The second kappa shape index (κ2) is 35.2. The molecule has 3 rings (SSSR count). The molecule has 0 radical (unpaired) electrons. The second-order valence-corrected chi connectivity index (χ2v) is 41.2. The minimum Gasteiger partial charge on any atom is -0.649 e. The monoisotopic (exact) mass is 1150 g/mol. The molecule has 3 amide bonds. The number of carbonyl (C=O) groups excluding carboxylic acids is 5. The SMILES string of the molecule is CC(C)(C)[Si](C)(C)OC[C@H]1CCCC(=O)N1.CC(C)(C)[Si](C)(C)OC[C@H]1CCCC(=O)[N-]1.CC(C)OC(=O)CCCCN1C(=O)CCC[C@@H]1CO[Si](C)(C)C(C)(C)C.CC(C)OC(=O)CCCCOS(C)(=O)=O.[K+]. The number of likely N-dealkylation sites (tertiary alicyclic amines) is 1. The van der Waals surface area contributed by atoms with Crippen LogP contribution in [0.25, 0.3) is 5.32 Å². The van der Waals surface area contributed by atoms with Crippen LogP contribution in [0, 0.1) is 0 Å².